The second-order valence-corrected chi connectivity index (χ2v) is 8.69. The van der Waals surface area contributed by atoms with Crippen molar-refractivity contribution in [2.75, 3.05) is 15.8 Å². The van der Waals surface area contributed by atoms with E-state index in [9.17, 15) is 22.0 Å². The van der Waals surface area contributed by atoms with Gasteiger partial charge in [-0.1, -0.05) is 0 Å². The molecule has 1 aromatic heterocycles. The van der Waals surface area contributed by atoms with Crippen molar-refractivity contribution in [1.82, 2.24) is 9.78 Å². The van der Waals surface area contributed by atoms with Crippen LogP contribution in [0.15, 0.2) is 42.6 Å². The van der Waals surface area contributed by atoms with Crippen LogP contribution >= 0.6 is 0 Å². The van der Waals surface area contributed by atoms with E-state index >= 15 is 0 Å². The summed E-state index contributed by atoms with van der Waals surface area (Å²) in [6.45, 7) is 3.23. The summed E-state index contributed by atoms with van der Waals surface area (Å²) in [5.74, 6) is -2.16. The zero-order valence-electron chi connectivity index (χ0n) is 16.5. The van der Waals surface area contributed by atoms with E-state index in [1.165, 1.54) is 23.9 Å². The molecule has 7 nitrogen and oxygen atoms in total. The van der Waals surface area contributed by atoms with Crippen LogP contribution in [-0.2, 0) is 17.1 Å². The Kier molecular flexibility index (Phi) is 5.88. The molecule has 0 aliphatic rings. The summed E-state index contributed by atoms with van der Waals surface area (Å²) in [7, 11) is -1.84. The van der Waals surface area contributed by atoms with Gasteiger partial charge in [-0.15, -0.1) is 0 Å². The number of sulfonamides is 1. The first-order chi connectivity index (χ1) is 14.1. The van der Waals surface area contributed by atoms with E-state index < -0.39 is 27.6 Å². The number of hydrogen-bond donors (Lipinski definition) is 2. The van der Waals surface area contributed by atoms with Crippen molar-refractivity contribution >= 4 is 27.3 Å². The number of halogens is 2. The Morgan fingerprint density at radius 3 is 2.53 bits per heavy atom. The number of aromatic nitrogens is 2. The van der Waals surface area contributed by atoms with Crippen LogP contribution < -0.4 is 10.0 Å². The lowest BCUT2D eigenvalue weighted by atomic mass is 10.1. The van der Waals surface area contributed by atoms with Gasteiger partial charge in [0.25, 0.3) is 5.91 Å². The van der Waals surface area contributed by atoms with Crippen molar-refractivity contribution in [1.29, 1.82) is 0 Å². The number of carbonyl (C=O) groups is 1. The van der Waals surface area contributed by atoms with E-state index in [1.54, 1.807) is 32.2 Å². The fourth-order valence-corrected chi connectivity index (χ4v) is 3.54. The first-order valence-electron chi connectivity index (χ1n) is 9.01. The molecule has 3 rings (SSSR count). The van der Waals surface area contributed by atoms with Gasteiger partial charge in [-0.2, -0.15) is 5.10 Å². The van der Waals surface area contributed by atoms with Crippen molar-refractivity contribution in [3.63, 3.8) is 0 Å². The number of rotatable bonds is 6. The zero-order chi connectivity index (χ0) is 22.1. The van der Waals surface area contributed by atoms with Gasteiger partial charge in [-0.25, -0.2) is 17.2 Å². The molecular weight excluding hydrogens is 414 g/mol. The third kappa shape index (κ3) is 4.65. The van der Waals surface area contributed by atoms with Gasteiger partial charge in [-0.3, -0.25) is 14.2 Å². The molecule has 0 spiro atoms. The topological polar surface area (TPSA) is 93.1 Å². The van der Waals surface area contributed by atoms with Crippen LogP contribution in [0.5, 0.6) is 0 Å². The second-order valence-electron chi connectivity index (χ2n) is 6.68. The molecule has 0 fully saturated rings. The van der Waals surface area contributed by atoms with Gasteiger partial charge in [0, 0.05) is 30.6 Å². The summed E-state index contributed by atoms with van der Waals surface area (Å²) in [5, 5.41) is 6.82. The SMILES string of the molecule is CCS(=O)(=O)Nc1ccc(NC(=O)c2cn(C)nc2-c2ccc(F)cc2F)cc1C. The van der Waals surface area contributed by atoms with Gasteiger partial charge >= 0.3 is 0 Å². The highest BCUT2D eigenvalue weighted by Gasteiger charge is 2.20. The number of benzene rings is 2. The Bertz CT molecular complexity index is 1220. The molecule has 2 N–H and O–H groups in total. The average molecular weight is 434 g/mol. The van der Waals surface area contributed by atoms with Crippen LogP contribution in [0.4, 0.5) is 20.2 Å². The van der Waals surface area contributed by atoms with Gasteiger partial charge in [0.05, 0.1) is 17.0 Å². The predicted octanol–water partition coefficient (Wildman–Crippen LogP) is 3.69. The molecule has 0 saturated heterocycles. The molecule has 0 bridgehead atoms. The predicted molar refractivity (Wildman–Crippen MR) is 111 cm³/mol. The number of hydrogen-bond acceptors (Lipinski definition) is 4. The molecule has 0 saturated carbocycles. The van der Waals surface area contributed by atoms with Crippen molar-refractivity contribution in [2.45, 2.75) is 13.8 Å². The Morgan fingerprint density at radius 2 is 1.90 bits per heavy atom. The molecule has 2 aromatic carbocycles. The first kappa shape index (κ1) is 21.4. The fraction of sp³-hybridized carbons (Fsp3) is 0.200. The van der Waals surface area contributed by atoms with Gasteiger partial charge in [0.15, 0.2) is 0 Å². The van der Waals surface area contributed by atoms with Crippen molar-refractivity contribution in [2.24, 2.45) is 7.05 Å². The first-order valence-corrected chi connectivity index (χ1v) is 10.7. The number of nitrogens with zero attached hydrogens (tertiary/aromatic N) is 2. The molecule has 0 unspecified atom stereocenters. The summed E-state index contributed by atoms with van der Waals surface area (Å²) in [4.78, 5) is 12.8. The quantitative estimate of drug-likeness (QED) is 0.619. The maximum absolute atomic E-state index is 14.2. The summed E-state index contributed by atoms with van der Waals surface area (Å²) >= 11 is 0. The minimum atomic E-state index is -3.43. The van der Waals surface area contributed by atoms with E-state index in [2.05, 4.69) is 15.1 Å². The van der Waals surface area contributed by atoms with E-state index in [4.69, 9.17) is 0 Å². The standard InChI is InChI=1S/C20H20F2N4O3S/c1-4-30(28,29)25-18-8-6-14(9-12(18)2)23-20(27)16-11-26(3)24-19(16)15-7-5-13(21)10-17(15)22/h5-11,25H,4H2,1-3H3,(H,23,27). The molecule has 0 atom stereocenters. The number of carbonyl (C=O) groups excluding carboxylic acids is 1. The zero-order valence-corrected chi connectivity index (χ0v) is 17.3. The number of nitrogens with one attached hydrogen (secondary N) is 2. The van der Waals surface area contributed by atoms with Crippen LogP contribution in [0.1, 0.15) is 22.8 Å². The van der Waals surface area contributed by atoms with E-state index in [0.29, 0.717) is 16.9 Å². The molecule has 30 heavy (non-hydrogen) atoms. The summed E-state index contributed by atoms with van der Waals surface area (Å²) in [6.07, 6.45) is 1.43. The van der Waals surface area contributed by atoms with Crippen molar-refractivity contribution < 1.29 is 22.0 Å². The average Bonchev–Trinajstić information content (AvgIpc) is 3.05. The summed E-state index contributed by atoms with van der Waals surface area (Å²) in [6, 6.07) is 7.75. The molecule has 1 amide bonds. The highest BCUT2D eigenvalue weighted by atomic mass is 32.2. The molecule has 1 heterocycles. The van der Waals surface area contributed by atoms with Crippen molar-refractivity contribution in [3.8, 4) is 11.3 Å². The van der Waals surface area contributed by atoms with E-state index in [-0.39, 0.29) is 22.6 Å². The molecule has 0 aliphatic heterocycles. The highest BCUT2D eigenvalue weighted by molar-refractivity contribution is 7.92. The van der Waals surface area contributed by atoms with Gasteiger partial charge in [-0.05, 0) is 49.7 Å². The maximum Gasteiger partial charge on any atom is 0.259 e. The molecule has 3 aromatic rings. The summed E-state index contributed by atoms with van der Waals surface area (Å²) in [5.41, 5.74) is 1.63. The Hall–Kier alpha value is -3.27. The van der Waals surface area contributed by atoms with Gasteiger partial charge < -0.3 is 5.32 Å². The monoisotopic (exact) mass is 434 g/mol. The van der Waals surface area contributed by atoms with Crippen LogP contribution in [0.25, 0.3) is 11.3 Å². The minimum Gasteiger partial charge on any atom is -0.322 e. The number of amides is 1. The lowest BCUT2D eigenvalue weighted by molar-refractivity contribution is 0.102. The fourth-order valence-electron chi connectivity index (χ4n) is 2.83. The number of anilines is 2. The minimum absolute atomic E-state index is 0.00245. The smallest absolute Gasteiger partial charge is 0.259 e. The van der Waals surface area contributed by atoms with Crippen molar-refractivity contribution in [3.05, 3.63) is 65.4 Å². The van der Waals surface area contributed by atoms with Crippen LogP contribution in [0, 0.1) is 18.6 Å². The van der Waals surface area contributed by atoms with Gasteiger partial charge in [0.2, 0.25) is 10.0 Å². The lowest BCUT2D eigenvalue weighted by Crippen LogP contribution is -2.16. The summed E-state index contributed by atoms with van der Waals surface area (Å²) < 4.78 is 54.7. The molecule has 158 valence electrons. The highest BCUT2D eigenvalue weighted by Crippen LogP contribution is 2.27. The Labute approximate surface area is 172 Å². The van der Waals surface area contributed by atoms with Gasteiger partial charge in [0.1, 0.15) is 17.3 Å². The van der Waals surface area contributed by atoms with E-state index in [1.807, 2.05) is 0 Å². The maximum atomic E-state index is 14.2. The lowest BCUT2D eigenvalue weighted by Gasteiger charge is -2.12. The largest absolute Gasteiger partial charge is 0.322 e. The molecule has 0 aliphatic carbocycles. The van der Waals surface area contributed by atoms with Crippen LogP contribution in [0.2, 0.25) is 0 Å². The van der Waals surface area contributed by atoms with Crippen LogP contribution in [0.3, 0.4) is 0 Å². The molecule has 10 heteroatoms. The normalized spacial score (nSPS) is 11.4. The number of aryl methyl sites for hydroxylation is 2. The third-order valence-electron chi connectivity index (χ3n) is 4.39. The third-order valence-corrected chi connectivity index (χ3v) is 5.68. The molecular formula is C20H20F2N4O3S. The molecule has 0 radical (unpaired) electrons. The van der Waals surface area contributed by atoms with E-state index in [0.717, 1.165) is 12.1 Å². The van der Waals surface area contributed by atoms with Crippen LogP contribution in [-0.4, -0.2) is 29.9 Å². The Morgan fingerprint density at radius 1 is 1.17 bits per heavy atom. The Balaban J connectivity index is 1.88. The second kappa shape index (κ2) is 8.23.